The van der Waals surface area contributed by atoms with Gasteiger partial charge in [-0.1, -0.05) is 19.9 Å². The van der Waals surface area contributed by atoms with Crippen molar-refractivity contribution in [3.63, 3.8) is 0 Å². The highest BCUT2D eigenvalue weighted by atomic mass is 19.1. The molecule has 1 fully saturated rings. The van der Waals surface area contributed by atoms with E-state index in [1.54, 1.807) is 18.2 Å². The zero-order valence-corrected chi connectivity index (χ0v) is 21.3. The van der Waals surface area contributed by atoms with E-state index >= 15 is 0 Å². The summed E-state index contributed by atoms with van der Waals surface area (Å²) in [5.41, 5.74) is 0.986. The fraction of sp³-hybridized carbons (Fsp3) is 0.444. The van der Waals surface area contributed by atoms with Gasteiger partial charge in [0.25, 0.3) is 11.8 Å². The zero-order valence-electron chi connectivity index (χ0n) is 21.3. The van der Waals surface area contributed by atoms with Gasteiger partial charge >= 0.3 is 0 Å². The fourth-order valence-electron chi connectivity index (χ4n) is 4.86. The average molecular weight is 530 g/mol. The van der Waals surface area contributed by atoms with Crippen LogP contribution in [0.25, 0.3) is 0 Å². The van der Waals surface area contributed by atoms with Crippen molar-refractivity contribution in [3.05, 3.63) is 64.5 Å². The van der Waals surface area contributed by atoms with Crippen LogP contribution in [-0.2, 0) is 28.7 Å². The Bertz CT molecular complexity index is 1230. The number of ether oxygens (including phenoxy) is 1. The van der Waals surface area contributed by atoms with Crippen LogP contribution in [0.4, 0.5) is 4.39 Å². The quantitative estimate of drug-likeness (QED) is 0.266. The molecule has 0 saturated carbocycles. The number of fused-ring (bicyclic) bond motifs is 1. The monoisotopic (exact) mass is 529 g/mol. The number of imide groups is 1. The lowest BCUT2D eigenvalue weighted by molar-refractivity contribution is -0.279. The molecule has 4 N–H and O–H groups in total. The smallest absolute Gasteiger partial charge is 0.255 e. The van der Waals surface area contributed by atoms with Crippen LogP contribution in [0.1, 0.15) is 53.7 Å². The van der Waals surface area contributed by atoms with Crippen molar-refractivity contribution in [3.8, 4) is 5.75 Å². The standard InChI is InChI=1S/C27H32FN3O7/c1-16(2)13-30(10-11-32)27(36,37)18-6-7-21(28)17(12-18)15-38-23-5-3-4-19-20(23)14-31(26(19)35)22-8-9-24(33)29-25(22)34/h3-7,12,16,22,32,36-37H,8-11,13-15H2,1-2H3,(H,29,33,34). The van der Waals surface area contributed by atoms with Crippen LogP contribution in [0.5, 0.6) is 5.75 Å². The minimum Gasteiger partial charge on any atom is -0.488 e. The summed E-state index contributed by atoms with van der Waals surface area (Å²) in [7, 11) is 0. The van der Waals surface area contributed by atoms with Gasteiger partial charge in [-0.2, -0.15) is 0 Å². The highest BCUT2D eigenvalue weighted by molar-refractivity contribution is 6.05. The number of aliphatic hydroxyl groups excluding tert-OH is 1. The molecule has 1 unspecified atom stereocenters. The van der Waals surface area contributed by atoms with E-state index in [2.05, 4.69) is 5.32 Å². The number of halogens is 1. The average Bonchev–Trinajstić information content (AvgIpc) is 3.19. The van der Waals surface area contributed by atoms with Crippen LogP contribution in [0.3, 0.4) is 0 Å². The molecule has 2 aliphatic rings. The number of amides is 3. The SMILES string of the molecule is CC(C)CN(CCO)C(O)(O)c1ccc(F)c(COc2cccc3c2CN(C2CCC(=O)NC2=O)C3=O)c1. The summed E-state index contributed by atoms with van der Waals surface area (Å²) in [4.78, 5) is 39.6. The third-order valence-corrected chi connectivity index (χ3v) is 6.75. The zero-order chi connectivity index (χ0) is 27.6. The van der Waals surface area contributed by atoms with Crippen molar-refractivity contribution in [2.24, 2.45) is 5.92 Å². The maximum absolute atomic E-state index is 14.7. The number of carbonyl (C=O) groups is 3. The molecule has 4 rings (SSSR count). The van der Waals surface area contributed by atoms with Crippen LogP contribution in [0.15, 0.2) is 36.4 Å². The van der Waals surface area contributed by atoms with Crippen LogP contribution < -0.4 is 10.1 Å². The predicted molar refractivity (Wildman–Crippen MR) is 133 cm³/mol. The molecule has 204 valence electrons. The third-order valence-electron chi connectivity index (χ3n) is 6.75. The van der Waals surface area contributed by atoms with Crippen molar-refractivity contribution in [2.45, 2.75) is 51.8 Å². The summed E-state index contributed by atoms with van der Waals surface area (Å²) in [6.45, 7) is 3.63. The van der Waals surface area contributed by atoms with Crippen molar-refractivity contribution >= 4 is 17.7 Å². The van der Waals surface area contributed by atoms with E-state index in [9.17, 15) is 34.1 Å². The van der Waals surface area contributed by atoms with Gasteiger partial charge in [-0.15, -0.1) is 0 Å². The second-order valence-corrected chi connectivity index (χ2v) is 9.98. The van der Waals surface area contributed by atoms with E-state index in [-0.39, 0.29) is 74.5 Å². The second kappa shape index (κ2) is 11.2. The lowest BCUT2D eigenvalue weighted by atomic mass is 10.0. The molecule has 3 amide bonds. The van der Waals surface area contributed by atoms with Gasteiger partial charge < -0.3 is 25.0 Å². The van der Waals surface area contributed by atoms with Crippen molar-refractivity contribution in [1.82, 2.24) is 15.1 Å². The molecule has 0 aromatic heterocycles. The molecule has 2 aromatic carbocycles. The van der Waals surface area contributed by atoms with Gasteiger partial charge in [0.15, 0.2) is 0 Å². The maximum atomic E-state index is 14.7. The predicted octanol–water partition coefficient (Wildman–Crippen LogP) is 1.21. The van der Waals surface area contributed by atoms with Gasteiger partial charge in [-0.05, 0) is 42.7 Å². The van der Waals surface area contributed by atoms with E-state index in [1.165, 1.54) is 21.9 Å². The lowest BCUT2D eigenvalue weighted by Gasteiger charge is -2.36. The second-order valence-electron chi connectivity index (χ2n) is 9.98. The van der Waals surface area contributed by atoms with Gasteiger partial charge in [0.2, 0.25) is 11.8 Å². The number of hydrogen-bond donors (Lipinski definition) is 4. The number of benzene rings is 2. The number of nitrogens with zero attached hydrogens (tertiary/aromatic N) is 2. The summed E-state index contributed by atoms with van der Waals surface area (Å²) in [6, 6.07) is 7.78. The van der Waals surface area contributed by atoms with Crippen LogP contribution in [0, 0.1) is 11.7 Å². The molecular formula is C27H32FN3O7. The Morgan fingerprint density at radius 2 is 1.97 bits per heavy atom. The summed E-state index contributed by atoms with van der Waals surface area (Å²) in [5, 5.41) is 33.4. The first kappa shape index (κ1) is 27.6. The van der Waals surface area contributed by atoms with E-state index in [0.717, 1.165) is 6.07 Å². The van der Waals surface area contributed by atoms with Gasteiger partial charge in [0.05, 0.1) is 13.2 Å². The van der Waals surface area contributed by atoms with Gasteiger partial charge in [0, 0.05) is 41.8 Å². The van der Waals surface area contributed by atoms with E-state index in [0.29, 0.717) is 16.9 Å². The van der Waals surface area contributed by atoms with Crippen LogP contribution in [0.2, 0.25) is 0 Å². The first-order chi connectivity index (χ1) is 18.0. The molecule has 38 heavy (non-hydrogen) atoms. The lowest BCUT2D eigenvalue weighted by Crippen LogP contribution is -2.52. The molecule has 10 nitrogen and oxygen atoms in total. The number of piperidine rings is 1. The topological polar surface area (TPSA) is 140 Å². The molecule has 0 spiro atoms. The molecule has 1 atom stereocenters. The Balaban J connectivity index is 1.53. The third kappa shape index (κ3) is 5.56. The molecule has 2 aromatic rings. The van der Waals surface area contributed by atoms with E-state index in [1.807, 2.05) is 13.8 Å². The maximum Gasteiger partial charge on any atom is 0.255 e. The first-order valence-corrected chi connectivity index (χ1v) is 12.5. The molecule has 2 heterocycles. The highest BCUT2D eigenvalue weighted by Gasteiger charge is 2.40. The fourth-order valence-corrected chi connectivity index (χ4v) is 4.86. The van der Waals surface area contributed by atoms with E-state index < -0.39 is 23.7 Å². The highest BCUT2D eigenvalue weighted by Crippen LogP contribution is 2.34. The number of rotatable bonds is 10. The molecule has 0 bridgehead atoms. The largest absolute Gasteiger partial charge is 0.488 e. The summed E-state index contributed by atoms with van der Waals surface area (Å²) in [6.07, 6.45) is 0.367. The summed E-state index contributed by atoms with van der Waals surface area (Å²) in [5.74, 6) is -3.90. The number of nitrogens with one attached hydrogen (secondary N) is 1. The molecule has 11 heteroatoms. The summed E-state index contributed by atoms with van der Waals surface area (Å²) < 4.78 is 20.6. The Hall–Kier alpha value is -3.38. The van der Waals surface area contributed by atoms with Crippen molar-refractivity contribution < 1.29 is 38.8 Å². The normalized spacial score (nSPS) is 17.8. The van der Waals surface area contributed by atoms with Crippen LogP contribution in [-0.4, -0.2) is 68.6 Å². The Kier molecular flexibility index (Phi) is 8.12. The molecule has 0 radical (unpaired) electrons. The van der Waals surface area contributed by atoms with Crippen LogP contribution >= 0.6 is 0 Å². The molecule has 2 aliphatic heterocycles. The van der Waals surface area contributed by atoms with Crippen molar-refractivity contribution in [2.75, 3.05) is 19.7 Å². The molecule has 0 aliphatic carbocycles. The van der Waals surface area contributed by atoms with Crippen molar-refractivity contribution in [1.29, 1.82) is 0 Å². The van der Waals surface area contributed by atoms with E-state index in [4.69, 9.17) is 4.74 Å². The minimum absolute atomic E-state index is 0.00223. The van der Waals surface area contributed by atoms with Gasteiger partial charge in [0.1, 0.15) is 24.2 Å². The van der Waals surface area contributed by atoms with Gasteiger partial charge in [-0.3, -0.25) is 19.7 Å². The number of hydrogen-bond acceptors (Lipinski definition) is 8. The number of carbonyl (C=O) groups excluding carboxylic acids is 3. The first-order valence-electron chi connectivity index (χ1n) is 12.5. The Morgan fingerprint density at radius 3 is 2.66 bits per heavy atom. The van der Waals surface area contributed by atoms with Gasteiger partial charge in [-0.25, -0.2) is 9.29 Å². The molecular weight excluding hydrogens is 497 g/mol. The molecule has 1 saturated heterocycles. The Morgan fingerprint density at radius 1 is 1.21 bits per heavy atom. The summed E-state index contributed by atoms with van der Waals surface area (Å²) >= 11 is 0. The number of aliphatic hydroxyl groups is 3. The Labute approximate surface area is 219 Å². The minimum atomic E-state index is -2.45.